The van der Waals surface area contributed by atoms with E-state index >= 15 is 0 Å². The van der Waals surface area contributed by atoms with Crippen LogP contribution in [0.1, 0.15) is 13.3 Å². The highest BCUT2D eigenvalue weighted by Gasteiger charge is 2.20. The monoisotopic (exact) mass is 269 g/mol. The molecule has 0 unspecified atom stereocenters. The van der Waals surface area contributed by atoms with Crippen LogP contribution in [0, 0.1) is 0 Å². The Morgan fingerprint density at radius 3 is 2.13 bits per heavy atom. The maximum absolute atomic E-state index is 11.6. The van der Waals surface area contributed by atoms with Gasteiger partial charge in [-0.3, -0.25) is 0 Å². The minimum absolute atomic E-state index is 0.0196. The lowest BCUT2D eigenvalue weighted by molar-refractivity contribution is 0.585. The number of nitrogens with zero attached hydrogens (tertiary/aromatic N) is 2. The summed E-state index contributed by atoms with van der Waals surface area (Å²) < 4.78 is 23.1. The van der Waals surface area contributed by atoms with Crippen molar-refractivity contribution in [3.05, 3.63) is 10.3 Å². The van der Waals surface area contributed by atoms with Crippen molar-refractivity contribution in [3.8, 4) is 0 Å². The number of sulfone groups is 1. The summed E-state index contributed by atoms with van der Waals surface area (Å²) in [5.41, 5.74) is 5.36. The molecule has 0 aliphatic carbocycles. The van der Waals surface area contributed by atoms with Crippen LogP contribution in [-0.4, -0.2) is 24.1 Å². The van der Waals surface area contributed by atoms with E-state index in [4.69, 9.17) is 28.9 Å². The number of rotatable bonds is 3. The van der Waals surface area contributed by atoms with Crippen molar-refractivity contribution in [1.29, 1.82) is 0 Å². The van der Waals surface area contributed by atoms with E-state index in [9.17, 15) is 8.42 Å². The van der Waals surface area contributed by atoms with Gasteiger partial charge < -0.3 is 5.73 Å². The zero-order valence-electron chi connectivity index (χ0n) is 7.87. The average Bonchev–Trinajstić information content (AvgIpc) is 2.13. The summed E-state index contributed by atoms with van der Waals surface area (Å²) in [6.45, 7) is 1.73. The van der Waals surface area contributed by atoms with E-state index in [0.717, 1.165) is 0 Å². The van der Waals surface area contributed by atoms with Crippen molar-refractivity contribution < 1.29 is 8.42 Å². The third kappa shape index (κ3) is 2.70. The molecule has 1 heterocycles. The number of aromatic nitrogens is 2. The number of anilines is 1. The van der Waals surface area contributed by atoms with Crippen molar-refractivity contribution in [2.24, 2.45) is 0 Å². The van der Waals surface area contributed by atoms with E-state index < -0.39 is 9.84 Å². The second kappa shape index (κ2) is 4.51. The average molecular weight is 270 g/mol. The molecule has 1 aromatic heterocycles. The van der Waals surface area contributed by atoms with Gasteiger partial charge in [0.2, 0.25) is 15.0 Å². The van der Waals surface area contributed by atoms with Crippen molar-refractivity contribution in [2.75, 3.05) is 11.5 Å². The summed E-state index contributed by atoms with van der Waals surface area (Å²) in [4.78, 5) is 7.16. The number of nitrogens with two attached hydrogens (primary N) is 1. The van der Waals surface area contributed by atoms with Crippen molar-refractivity contribution >= 4 is 38.7 Å². The number of halogens is 2. The van der Waals surface area contributed by atoms with Crippen LogP contribution in [0.25, 0.3) is 0 Å². The number of hydrogen-bond acceptors (Lipinski definition) is 5. The van der Waals surface area contributed by atoms with Crippen LogP contribution in [0.5, 0.6) is 0 Å². The second-order valence-corrected chi connectivity index (χ2v) is 5.54. The molecule has 84 valence electrons. The Hall–Kier alpha value is -0.590. The van der Waals surface area contributed by atoms with E-state index in [-0.39, 0.29) is 26.9 Å². The third-order valence-electron chi connectivity index (χ3n) is 1.58. The first-order chi connectivity index (χ1) is 6.88. The molecule has 0 saturated heterocycles. The minimum Gasteiger partial charge on any atom is -0.394 e. The van der Waals surface area contributed by atoms with Gasteiger partial charge in [-0.1, -0.05) is 30.1 Å². The van der Waals surface area contributed by atoms with E-state index in [1.165, 1.54) is 0 Å². The predicted molar refractivity (Wildman–Crippen MR) is 58.8 cm³/mol. The fourth-order valence-electron chi connectivity index (χ4n) is 0.898. The largest absolute Gasteiger partial charge is 0.394 e. The van der Waals surface area contributed by atoms with E-state index in [2.05, 4.69) is 9.97 Å². The van der Waals surface area contributed by atoms with Crippen molar-refractivity contribution in [1.82, 2.24) is 9.97 Å². The lowest BCUT2D eigenvalue weighted by Gasteiger charge is -2.04. The molecule has 0 amide bonds. The molecule has 0 atom stereocenters. The molecule has 0 fully saturated rings. The highest BCUT2D eigenvalue weighted by atomic mass is 35.5. The molecule has 0 radical (unpaired) electrons. The molecular weight excluding hydrogens is 261 g/mol. The van der Waals surface area contributed by atoms with Gasteiger partial charge >= 0.3 is 0 Å². The minimum atomic E-state index is -3.52. The molecule has 0 aliphatic heterocycles. The van der Waals surface area contributed by atoms with Crippen LogP contribution in [-0.2, 0) is 9.84 Å². The van der Waals surface area contributed by atoms with Gasteiger partial charge in [-0.05, 0) is 6.42 Å². The van der Waals surface area contributed by atoms with Gasteiger partial charge in [0.15, 0.2) is 10.3 Å². The zero-order valence-corrected chi connectivity index (χ0v) is 10.2. The smallest absolute Gasteiger partial charge is 0.250 e. The van der Waals surface area contributed by atoms with Crippen molar-refractivity contribution in [3.63, 3.8) is 0 Å². The zero-order chi connectivity index (χ0) is 11.6. The van der Waals surface area contributed by atoms with E-state index in [0.29, 0.717) is 6.42 Å². The molecule has 0 spiro atoms. The summed E-state index contributed by atoms with van der Waals surface area (Å²) in [6.07, 6.45) is 0.464. The molecular formula is C7H9Cl2N3O2S. The fourth-order valence-corrected chi connectivity index (χ4v) is 2.57. The normalized spacial score (nSPS) is 11.7. The summed E-state index contributed by atoms with van der Waals surface area (Å²) >= 11 is 11.2. The first kappa shape index (κ1) is 12.5. The van der Waals surface area contributed by atoms with Gasteiger partial charge in [0.25, 0.3) is 0 Å². The molecule has 0 aromatic carbocycles. The van der Waals surface area contributed by atoms with Gasteiger partial charge in [-0.15, -0.1) is 0 Å². The summed E-state index contributed by atoms with van der Waals surface area (Å²) in [5, 5.41) is -0.678. The lowest BCUT2D eigenvalue weighted by Crippen LogP contribution is -2.11. The van der Waals surface area contributed by atoms with E-state index in [1.54, 1.807) is 6.92 Å². The lowest BCUT2D eigenvalue weighted by atomic mass is 10.6. The number of hydrogen-bond donors (Lipinski definition) is 1. The van der Waals surface area contributed by atoms with Crippen LogP contribution >= 0.6 is 23.2 Å². The second-order valence-electron chi connectivity index (χ2n) is 2.82. The molecule has 0 saturated carbocycles. The molecule has 0 aliphatic rings. The SMILES string of the molecule is CCCS(=O)(=O)c1nc(Cl)c(N)c(Cl)n1. The Kier molecular flexibility index (Phi) is 3.75. The van der Waals surface area contributed by atoms with Crippen LogP contribution in [0.3, 0.4) is 0 Å². The molecule has 15 heavy (non-hydrogen) atoms. The van der Waals surface area contributed by atoms with Crippen LogP contribution in [0.4, 0.5) is 5.69 Å². The van der Waals surface area contributed by atoms with Gasteiger partial charge in [0, 0.05) is 0 Å². The Morgan fingerprint density at radius 1 is 1.27 bits per heavy atom. The molecule has 2 N–H and O–H groups in total. The molecule has 1 aromatic rings. The maximum atomic E-state index is 11.6. The van der Waals surface area contributed by atoms with Crippen LogP contribution < -0.4 is 5.73 Å². The van der Waals surface area contributed by atoms with Crippen LogP contribution in [0.15, 0.2) is 5.16 Å². The molecule has 5 nitrogen and oxygen atoms in total. The Balaban J connectivity index is 3.29. The molecule has 8 heteroatoms. The van der Waals surface area contributed by atoms with Gasteiger partial charge in [-0.25, -0.2) is 18.4 Å². The summed E-state index contributed by atoms with van der Waals surface area (Å²) in [6, 6.07) is 0. The molecule has 0 bridgehead atoms. The van der Waals surface area contributed by atoms with Gasteiger partial charge in [0.05, 0.1) is 5.75 Å². The topological polar surface area (TPSA) is 85.9 Å². The predicted octanol–water partition coefficient (Wildman–Crippen LogP) is 1.55. The van der Waals surface area contributed by atoms with Gasteiger partial charge in [-0.2, -0.15) is 0 Å². The highest BCUT2D eigenvalue weighted by molar-refractivity contribution is 7.91. The van der Waals surface area contributed by atoms with E-state index in [1.807, 2.05) is 0 Å². The first-order valence-corrected chi connectivity index (χ1v) is 6.50. The van der Waals surface area contributed by atoms with Gasteiger partial charge in [0.1, 0.15) is 5.69 Å². The summed E-state index contributed by atoms with van der Waals surface area (Å²) in [7, 11) is -3.52. The Bertz CT molecular complexity index is 452. The third-order valence-corrected chi connectivity index (χ3v) is 3.84. The Morgan fingerprint density at radius 2 is 1.73 bits per heavy atom. The molecule has 1 rings (SSSR count). The standard InChI is InChI=1S/C7H9Cl2N3O2S/c1-2-3-15(13,14)7-11-5(8)4(10)6(9)12-7/h2-3,10H2,1H3. The summed E-state index contributed by atoms with van der Waals surface area (Å²) in [5.74, 6) is -0.0520. The Labute approximate surface area is 97.5 Å². The fraction of sp³-hybridized carbons (Fsp3) is 0.429. The van der Waals surface area contributed by atoms with Crippen molar-refractivity contribution in [2.45, 2.75) is 18.5 Å². The number of nitrogen functional groups attached to an aromatic ring is 1. The highest BCUT2D eigenvalue weighted by Crippen LogP contribution is 2.25. The maximum Gasteiger partial charge on any atom is 0.250 e. The first-order valence-electron chi connectivity index (χ1n) is 4.09. The quantitative estimate of drug-likeness (QED) is 0.665. The van der Waals surface area contributed by atoms with Crippen LogP contribution in [0.2, 0.25) is 10.3 Å².